The summed E-state index contributed by atoms with van der Waals surface area (Å²) in [6, 6.07) is 10.7. The summed E-state index contributed by atoms with van der Waals surface area (Å²) in [6.45, 7) is 2.36. The Labute approximate surface area is 233 Å². The molecule has 2 aromatic carbocycles. The van der Waals surface area contributed by atoms with E-state index in [-0.39, 0.29) is 25.3 Å². The van der Waals surface area contributed by atoms with Gasteiger partial charge in [-0.2, -0.15) is 0 Å². The summed E-state index contributed by atoms with van der Waals surface area (Å²) in [5.74, 6) is 0. The summed E-state index contributed by atoms with van der Waals surface area (Å²) >= 11 is 13.5. The van der Waals surface area contributed by atoms with Crippen LogP contribution in [0.15, 0.2) is 55.1 Å². The molecule has 2 N–H and O–H groups in total. The van der Waals surface area contributed by atoms with Gasteiger partial charge >= 0.3 is 6.03 Å². The van der Waals surface area contributed by atoms with Crippen molar-refractivity contribution in [1.29, 1.82) is 0 Å². The highest BCUT2D eigenvalue weighted by Crippen LogP contribution is 2.38. The zero-order valence-corrected chi connectivity index (χ0v) is 23.1. The molecule has 1 aliphatic rings. The van der Waals surface area contributed by atoms with Crippen molar-refractivity contribution in [3.05, 3.63) is 81.9 Å². The summed E-state index contributed by atoms with van der Waals surface area (Å²) in [5, 5.41) is 13.2. The topological polar surface area (TPSA) is 90.8 Å². The van der Waals surface area contributed by atoms with E-state index in [2.05, 4.69) is 27.2 Å². The van der Waals surface area contributed by atoms with E-state index in [1.807, 2.05) is 43.4 Å². The molecule has 1 aliphatic heterocycles. The Morgan fingerprint density at radius 3 is 2.58 bits per heavy atom. The summed E-state index contributed by atoms with van der Waals surface area (Å²) in [6.07, 6.45) is 6.63. The van der Waals surface area contributed by atoms with Crippen LogP contribution in [0.3, 0.4) is 0 Å². The van der Waals surface area contributed by atoms with Gasteiger partial charge in [-0.1, -0.05) is 59.6 Å². The lowest BCUT2D eigenvalue weighted by Crippen LogP contribution is -2.49. The third-order valence-electron chi connectivity index (χ3n) is 6.94. The maximum Gasteiger partial charge on any atom is 0.317 e. The number of likely N-dealkylation sites (tertiary alicyclic amines) is 1. The Balaban J connectivity index is 1.54. The third-order valence-corrected chi connectivity index (χ3v) is 7.84. The van der Waals surface area contributed by atoms with Crippen molar-refractivity contribution >= 4 is 29.2 Å². The number of aliphatic hydroxyl groups is 1. The molecule has 2 amide bonds. The van der Waals surface area contributed by atoms with E-state index in [0.717, 1.165) is 42.6 Å². The van der Waals surface area contributed by atoms with Crippen LogP contribution < -0.4 is 5.32 Å². The number of ether oxygens (including phenoxy) is 1. The maximum absolute atomic E-state index is 13.3. The Morgan fingerprint density at radius 1 is 1.16 bits per heavy atom. The third kappa shape index (κ3) is 7.01. The lowest BCUT2D eigenvalue weighted by Gasteiger charge is -2.36. The lowest BCUT2D eigenvalue weighted by atomic mass is 10.0. The molecule has 202 valence electrons. The van der Waals surface area contributed by atoms with Gasteiger partial charge in [0.15, 0.2) is 0 Å². The van der Waals surface area contributed by atoms with Crippen LogP contribution in [0, 0.1) is 0 Å². The number of nitrogens with zero attached hydrogens (tertiary/aromatic N) is 4. The molecule has 1 atom stereocenters. The second-order valence-electron chi connectivity index (χ2n) is 9.60. The standard InChI is InChI=1S/C28H33Cl2N5O3/c1-34-10-8-22(9-11-34)35(2)28(37)33-25(17-38-16-20-5-3-4-19(12-20)15-36)24-7-6-23(26(29)27(24)30)21-13-31-18-32-14-21/h3-7,12-14,18,22,25,36H,8-11,15-17H2,1-2H3,(H,33,37). The molecular weight excluding hydrogens is 525 g/mol. The number of piperidine rings is 1. The minimum absolute atomic E-state index is 0.0390. The van der Waals surface area contributed by atoms with Gasteiger partial charge in [-0.3, -0.25) is 0 Å². The fourth-order valence-electron chi connectivity index (χ4n) is 4.62. The molecule has 1 aromatic heterocycles. The summed E-state index contributed by atoms with van der Waals surface area (Å²) < 4.78 is 6.04. The van der Waals surface area contributed by atoms with Crippen LogP contribution in [0.4, 0.5) is 4.79 Å². The minimum Gasteiger partial charge on any atom is -0.392 e. The van der Waals surface area contributed by atoms with Crippen LogP contribution in [0.2, 0.25) is 10.0 Å². The molecule has 0 spiro atoms. The molecule has 0 radical (unpaired) electrons. The predicted molar refractivity (Wildman–Crippen MR) is 149 cm³/mol. The van der Waals surface area contributed by atoms with E-state index >= 15 is 0 Å². The minimum atomic E-state index is -0.539. The lowest BCUT2D eigenvalue weighted by molar-refractivity contribution is 0.0946. The van der Waals surface area contributed by atoms with Gasteiger partial charge in [-0.05, 0) is 49.7 Å². The number of amides is 2. The number of carbonyl (C=O) groups excluding carboxylic acids is 1. The van der Waals surface area contributed by atoms with E-state index in [9.17, 15) is 9.90 Å². The Morgan fingerprint density at radius 2 is 1.87 bits per heavy atom. The normalized spacial score (nSPS) is 15.3. The summed E-state index contributed by atoms with van der Waals surface area (Å²) in [5.41, 5.74) is 3.84. The molecule has 3 aromatic rings. The molecule has 8 nitrogen and oxygen atoms in total. The predicted octanol–water partition coefficient (Wildman–Crippen LogP) is 4.94. The van der Waals surface area contributed by atoms with Gasteiger partial charge in [-0.15, -0.1) is 0 Å². The number of aromatic nitrogens is 2. The number of nitrogens with one attached hydrogen (secondary N) is 1. The van der Waals surface area contributed by atoms with Gasteiger partial charge in [0, 0.05) is 36.6 Å². The van der Waals surface area contributed by atoms with Crippen molar-refractivity contribution < 1.29 is 14.6 Å². The van der Waals surface area contributed by atoms with Crippen LogP contribution >= 0.6 is 23.2 Å². The molecule has 0 bridgehead atoms. The van der Waals surface area contributed by atoms with Gasteiger partial charge < -0.3 is 25.0 Å². The molecule has 38 heavy (non-hydrogen) atoms. The summed E-state index contributed by atoms with van der Waals surface area (Å²) in [7, 11) is 3.92. The van der Waals surface area contributed by atoms with E-state index < -0.39 is 6.04 Å². The molecule has 0 aliphatic carbocycles. The first kappa shape index (κ1) is 28.3. The highest BCUT2D eigenvalue weighted by Gasteiger charge is 2.27. The monoisotopic (exact) mass is 557 g/mol. The average Bonchev–Trinajstić information content (AvgIpc) is 2.94. The van der Waals surface area contributed by atoms with Crippen LogP contribution in [0.1, 0.15) is 35.6 Å². The number of hydrogen-bond donors (Lipinski definition) is 2. The first-order valence-corrected chi connectivity index (χ1v) is 13.3. The summed E-state index contributed by atoms with van der Waals surface area (Å²) in [4.78, 5) is 25.5. The molecule has 10 heteroatoms. The van der Waals surface area contributed by atoms with Crippen molar-refractivity contribution in [3.8, 4) is 11.1 Å². The zero-order valence-electron chi connectivity index (χ0n) is 21.6. The van der Waals surface area contributed by atoms with Gasteiger partial charge in [0.1, 0.15) is 6.33 Å². The van der Waals surface area contributed by atoms with E-state index in [1.54, 1.807) is 17.3 Å². The number of halogens is 2. The number of benzene rings is 2. The van der Waals surface area contributed by atoms with Crippen molar-refractivity contribution in [2.24, 2.45) is 0 Å². The molecule has 1 saturated heterocycles. The first-order valence-electron chi connectivity index (χ1n) is 12.6. The number of carbonyl (C=O) groups is 1. The SMILES string of the molecule is CN1CCC(N(C)C(=O)NC(COCc2cccc(CO)c2)c2ccc(-c3cncnc3)c(Cl)c2Cl)CC1. The quantitative estimate of drug-likeness (QED) is 0.387. The largest absolute Gasteiger partial charge is 0.392 e. The smallest absolute Gasteiger partial charge is 0.317 e. The number of urea groups is 1. The molecule has 1 unspecified atom stereocenters. The van der Waals surface area contributed by atoms with Crippen molar-refractivity contribution in [2.75, 3.05) is 33.8 Å². The van der Waals surface area contributed by atoms with Gasteiger partial charge in [0.25, 0.3) is 0 Å². The Kier molecular flexibility index (Phi) is 9.93. The highest BCUT2D eigenvalue weighted by molar-refractivity contribution is 6.44. The first-order chi connectivity index (χ1) is 18.4. The van der Waals surface area contributed by atoms with Crippen LogP contribution in [-0.2, 0) is 18.0 Å². The fourth-order valence-corrected chi connectivity index (χ4v) is 5.19. The number of rotatable bonds is 9. The van der Waals surface area contributed by atoms with Gasteiger partial charge in [0.2, 0.25) is 0 Å². The van der Waals surface area contributed by atoms with E-state index in [0.29, 0.717) is 27.8 Å². The highest BCUT2D eigenvalue weighted by atomic mass is 35.5. The Hall–Kier alpha value is -2.75. The molecular formula is C28H33Cl2N5O3. The second kappa shape index (κ2) is 13.4. The van der Waals surface area contributed by atoms with Crippen molar-refractivity contribution in [2.45, 2.75) is 38.1 Å². The number of aliphatic hydroxyl groups excluding tert-OH is 1. The van der Waals surface area contributed by atoms with E-state index in [1.165, 1.54) is 6.33 Å². The molecule has 1 fully saturated rings. The van der Waals surface area contributed by atoms with Gasteiger partial charge in [0.05, 0.1) is 35.9 Å². The van der Waals surface area contributed by atoms with Crippen molar-refractivity contribution in [1.82, 2.24) is 25.1 Å². The average molecular weight is 559 g/mol. The zero-order chi connectivity index (χ0) is 27.1. The molecule has 0 saturated carbocycles. The van der Waals surface area contributed by atoms with Crippen LogP contribution in [0.25, 0.3) is 11.1 Å². The fraction of sp³-hybridized carbons (Fsp3) is 0.393. The molecule has 2 heterocycles. The van der Waals surface area contributed by atoms with Crippen LogP contribution in [-0.4, -0.2) is 70.7 Å². The molecule has 4 rings (SSSR count). The Bertz CT molecular complexity index is 1220. The van der Waals surface area contributed by atoms with E-state index in [4.69, 9.17) is 27.9 Å². The van der Waals surface area contributed by atoms with Crippen LogP contribution in [0.5, 0.6) is 0 Å². The number of hydrogen-bond acceptors (Lipinski definition) is 6. The maximum atomic E-state index is 13.3. The van der Waals surface area contributed by atoms with Gasteiger partial charge in [-0.25, -0.2) is 14.8 Å². The second-order valence-corrected chi connectivity index (χ2v) is 10.4. The van der Waals surface area contributed by atoms with Crippen molar-refractivity contribution in [3.63, 3.8) is 0 Å².